The lowest BCUT2D eigenvalue weighted by atomic mass is 10.1. The smallest absolute Gasteiger partial charge is 0.387 e. The lowest BCUT2D eigenvalue weighted by Crippen LogP contribution is -2.42. The highest BCUT2D eigenvalue weighted by Crippen LogP contribution is 2.23. The van der Waals surface area contributed by atoms with Crippen LogP contribution in [0.2, 0.25) is 0 Å². The molecule has 0 amide bonds. The number of benzene rings is 1. The van der Waals surface area contributed by atoms with E-state index in [0.29, 0.717) is 11.5 Å². The third kappa shape index (κ3) is 4.77. The summed E-state index contributed by atoms with van der Waals surface area (Å²) in [4.78, 5) is 6.33. The van der Waals surface area contributed by atoms with Crippen molar-refractivity contribution in [2.45, 2.75) is 20.1 Å². The largest absolute Gasteiger partial charge is 0.434 e. The van der Waals surface area contributed by atoms with E-state index in [-0.39, 0.29) is 12.3 Å². The molecule has 2 rings (SSSR count). The number of hydrogen-bond acceptors (Lipinski definition) is 3. The molecule has 2 N–H and O–H groups in total. The van der Waals surface area contributed by atoms with Crippen molar-refractivity contribution >= 4 is 17.7 Å². The third-order valence-electron chi connectivity index (χ3n) is 3.18. The normalized spacial score (nSPS) is 16.4. The number of ether oxygens (including phenoxy) is 1. The number of aryl methyl sites for hydroxylation is 1. The first-order valence-corrected chi connectivity index (χ1v) is 7.88. The van der Waals surface area contributed by atoms with E-state index >= 15 is 0 Å². The van der Waals surface area contributed by atoms with Gasteiger partial charge in [0.1, 0.15) is 5.75 Å². The minimum absolute atomic E-state index is 0.154. The second kappa shape index (κ2) is 7.49. The summed E-state index contributed by atoms with van der Waals surface area (Å²) in [6, 6.07) is 5.07. The Labute approximate surface area is 127 Å². The first kappa shape index (κ1) is 15.9. The zero-order chi connectivity index (χ0) is 15.2. The van der Waals surface area contributed by atoms with E-state index in [1.807, 2.05) is 23.6 Å². The van der Waals surface area contributed by atoms with E-state index in [0.717, 1.165) is 30.2 Å². The predicted octanol–water partition coefficient (Wildman–Crippen LogP) is 2.46. The van der Waals surface area contributed by atoms with Gasteiger partial charge in [0.2, 0.25) is 0 Å². The molecule has 1 aliphatic rings. The maximum absolute atomic E-state index is 12.4. The molecule has 1 aromatic carbocycles. The Morgan fingerprint density at radius 1 is 1.43 bits per heavy atom. The first-order chi connectivity index (χ1) is 10.1. The molecule has 0 aliphatic carbocycles. The molecule has 0 aromatic heterocycles. The number of aliphatic imine (C=N–C) groups is 1. The molecular weight excluding hydrogens is 296 g/mol. The van der Waals surface area contributed by atoms with E-state index in [9.17, 15) is 8.78 Å². The van der Waals surface area contributed by atoms with Gasteiger partial charge in [-0.25, -0.2) is 4.99 Å². The van der Waals surface area contributed by atoms with E-state index in [1.165, 1.54) is 0 Å². The van der Waals surface area contributed by atoms with E-state index in [4.69, 9.17) is 5.73 Å². The molecule has 0 atom stereocenters. The fourth-order valence-corrected chi connectivity index (χ4v) is 3.00. The number of thioether (sulfide) groups is 1. The van der Waals surface area contributed by atoms with Gasteiger partial charge in [0.05, 0.1) is 6.54 Å². The van der Waals surface area contributed by atoms with Crippen molar-refractivity contribution in [1.82, 2.24) is 4.90 Å². The van der Waals surface area contributed by atoms with Crippen molar-refractivity contribution < 1.29 is 13.5 Å². The molecule has 1 fully saturated rings. The van der Waals surface area contributed by atoms with Gasteiger partial charge in [-0.05, 0) is 13.0 Å². The summed E-state index contributed by atoms with van der Waals surface area (Å²) < 4.78 is 29.3. The molecule has 0 bridgehead atoms. The monoisotopic (exact) mass is 315 g/mol. The molecule has 0 unspecified atom stereocenters. The number of alkyl halides is 2. The van der Waals surface area contributed by atoms with Crippen molar-refractivity contribution in [2.24, 2.45) is 10.7 Å². The molecule has 1 heterocycles. The minimum Gasteiger partial charge on any atom is -0.434 e. The van der Waals surface area contributed by atoms with Crippen LogP contribution in [-0.2, 0) is 6.54 Å². The molecule has 1 aromatic rings. The summed E-state index contributed by atoms with van der Waals surface area (Å²) in [7, 11) is 0. The van der Waals surface area contributed by atoms with Gasteiger partial charge in [0.15, 0.2) is 5.96 Å². The van der Waals surface area contributed by atoms with Gasteiger partial charge < -0.3 is 15.4 Å². The molecule has 116 valence electrons. The zero-order valence-electron chi connectivity index (χ0n) is 11.9. The third-order valence-corrected chi connectivity index (χ3v) is 4.12. The molecule has 7 heteroatoms. The highest BCUT2D eigenvalue weighted by molar-refractivity contribution is 7.99. The van der Waals surface area contributed by atoms with Gasteiger partial charge in [0.25, 0.3) is 0 Å². The Morgan fingerprint density at radius 2 is 2.14 bits per heavy atom. The first-order valence-electron chi connectivity index (χ1n) is 6.73. The molecule has 0 spiro atoms. The van der Waals surface area contributed by atoms with Crippen molar-refractivity contribution in [1.29, 1.82) is 0 Å². The van der Waals surface area contributed by atoms with Gasteiger partial charge in [-0.3, -0.25) is 0 Å². The van der Waals surface area contributed by atoms with Crippen molar-refractivity contribution in [3.63, 3.8) is 0 Å². The average molecular weight is 315 g/mol. The second-order valence-corrected chi connectivity index (χ2v) is 5.99. The van der Waals surface area contributed by atoms with Crippen LogP contribution < -0.4 is 10.5 Å². The molecule has 1 saturated heterocycles. The van der Waals surface area contributed by atoms with Crippen LogP contribution in [0.15, 0.2) is 23.2 Å². The highest BCUT2D eigenvalue weighted by Gasteiger charge is 2.13. The van der Waals surface area contributed by atoms with Gasteiger partial charge >= 0.3 is 6.61 Å². The fraction of sp³-hybridized carbons (Fsp3) is 0.500. The standard InChI is InChI=1S/C14H19F2N3OS/c1-10-2-3-12(20-13(15)16)11(8-10)9-18-14(17)19-4-6-21-7-5-19/h2-3,8,13H,4-7,9H2,1H3,(H2,17,18). The van der Waals surface area contributed by atoms with Crippen LogP contribution in [0.3, 0.4) is 0 Å². The molecule has 1 aliphatic heterocycles. The predicted molar refractivity (Wildman–Crippen MR) is 82.0 cm³/mol. The van der Waals surface area contributed by atoms with E-state index in [1.54, 1.807) is 18.2 Å². The van der Waals surface area contributed by atoms with Gasteiger partial charge in [-0.15, -0.1) is 0 Å². The molecular formula is C14H19F2N3OS. The van der Waals surface area contributed by atoms with E-state index < -0.39 is 6.61 Å². The maximum atomic E-state index is 12.4. The summed E-state index contributed by atoms with van der Waals surface area (Å²) >= 11 is 1.89. The summed E-state index contributed by atoms with van der Waals surface area (Å²) in [5.41, 5.74) is 7.55. The Morgan fingerprint density at radius 3 is 2.81 bits per heavy atom. The summed E-state index contributed by atoms with van der Waals surface area (Å²) in [6.45, 7) is 1.03. The number of nitrogens with two attached hydrogens (primary N) is 1. The summed E-state index contributed by atoms with van der Waals surface area (Å²) in [6.07, 6.45) is 0. The van der Waals surface area contributed by atoms with Crippen LogP contribution >= 0.6 is 11.8 Å². The van der Waals surface area contributed by atoms with Crippen LogP contribution in [0.1, 0.15) is 11.1 Å². The zero-order valence-corrected chi connectivity index (χ0v) is 12.7. The van der Waals surface area contributed by atoms with Gasteiger partial charge in [0, 0.05) is 30.2 Å². The number of hydrogen-bond donors (Lipinski definition) is 1. The summed E-state index contributed by atoms with van der Waals surface area (Å²) in [5.74, 6) is 2.67. The average Bonchev–Trinajstić information content (AvgIpc) is 2.47. The highest BCUT2D eigenvalue weighted by atomic mass is 32.2. The van der Waals surface area contributed by atoms with Crippen LogP contribution in [0, 0.1) is 6.92 Å². The lowest BCUT2D eigenvalue weighted by molar-refractivity contribution is -0.0504. The topological polar surface area (TPSA) is 50.9 Å². The number of nitrogens with zero attached hydrogens (tertiary/aromatic N) is 2. The molecule has 0 saturated carbocycles. The summed E-state index contributed by atoms with van der Waals surface area (Å²) in [5, 5.41) is 0. The SMILES string of the molecule is Cc1ccc(OC(F)F)c(CN=C(N)N2CCSCC2)c1. The van der Waals surface area contributed by atoms with E-state index in [2.05, 4.69) is 9.73 Å². The molecule has 21 heavy (non-hydrogen) atoms. The van der Waals surface area contributed by atoms with Crippen LogP contribution in [-0.4, -0.2) is 42.1 Å². The van der Waals surface area contributed by atoms with Gasteiger partial charge in [-0.2, -0.15) is 20.5 Å². The Hall–Kier alpha value is -1.50. The van der Waals surface area contributed by atoms with Crippen molar-refractivity contribution in [2.75, 3.05) is 24.6 Å². The number of halogens is 2. The Balaban J connectivity index is 2.08. The Kier molecular flexibility index (Phi) is 5.67. The van der Waals surface area contributed by atoms with Crippen LogP contribution in [0.25, 0.3) is 0 Å². The fourth-order valence-electron chi connectivity index (χ4n) is 2.10. The van der Waals surface area contributed by atoms with Gasteiger partial charge in [-0.1, -0.05) is 17.7 Å². The molecule has 0 radical (unpaired) electrons. The van der Waals surface area contributed by atoms with Crippen molar-refractivity contribution in [3.05, 3.63) is 29.3 Å². The quantitative estimate of drug-likeness (QED) is 0.685. The Bertz CT molecular complexity index is 505. The minimum atomic E-state index is -2.84. The molecule has 4 nitrogen and oxygen atoms in total. The van der Waals surface area contributed by atoms with Crippen molar-refractivity contribution in [3.8, 4) is 5.75 Å². The lowest BCUT2D eigenvalue weighted by Gasteiger charge is -2.27. The van der Waals surface area contributed by atoms with Crippen LogP contribution in [0.4, 0.5) is 8.78 Å². The maximum Gasteiger partial charge on any atom is 0.387 e. The second-order valence-electron chi connectivity index (χ2n) is 4.76. The van der Waals surface area contributed by atoms with Crippen LogP contribution in [0.5, 0.6) is 5.75 Å². The number of guanidine groups is 1. The number of rotatable bonds is 4.